The van der Waals surface area contributed by atoms with Gasteiger partial charge in [0.15, 0.2) is 0 Å². The van der Waals surface area contributed by atoms with Crippen molar-refractivity contribution in [1.82, 2.24) is 0 Å². The largest absolute Gasteiger partial charge is 0.381 e. The molecule has 2 rings (SSSR count). The first-order valence-electron chi connectivity index (χ1n) is 5.10. The molecule has 0 N–H and O–H groups in total. The minimum absolute atomic E-state index is 0.124. The Morgan fingerprint density at radius 3 is 2.87 bits per heavy atom. The maximum absolute atomic E-state index is 11.1. The summed E-state index contributed by atoms with van der Waals surface area (Å²) in [5.74, 6) is 0.156. The van der Waals surface area contributed by atoms with Crippen LogP contribution in [0.4, 0.5) is 0 Å². The normalized spacial score (nSPS) is 22.6. The molecule has 2 nitrogen and oxygen atoms in total. The van der Waals surface area contributed by atoms with Crippen LogP contribution in [0.1, 0.15) is 17.9 Å². The Hall–Kier alpha value is -0.860. The summed E-state index contributed by atoms with van der Waals surface area (Å²) in [6.07, 6.45) is 1.93. The van der Waals surface area contributed by atoms with Crippen LogP contribution in [0.5, 0.6) is 0 Å². The molecule has 3 heteroatoms. The number of ether oxygens (including phenoxy) is 1. The molecule has 1 aliphatic rings. The molecule has 15 heavy (non-hydrogen) atoms. The molecule has 1 saturated heterocycles. The van der Waals surface area contributed by atoms with Crippen molar-refractivity contribution >= 4 is 17.9 Å². The summed E-state index contributed by atoms with van der Waals surface area (Å²) in [5, 5.41) is 0.668. The second kappa shape index (κ2) is 4.77. The molecule has 1 heterocycles. The molecule has 0 amide bonds. The van der Waals surface area contributed by atoms with Gasteiger partial charge in [-0.2, -0.15) is 0 Å². The van der Waals surface area contributed by atoms with E-state index in [9.17, 15) is 4.79 Å². The number of halogens is 1. The number of rotatable bonds is 3. The lowest BCUT2D eigenvalue weighted by molar-refractivity contribution is -0.110. The van der Waals surface area contributed by atoms with Crippen molar-refractivity contribution < 1.29 is 9.53 Å². The van der Waals surface area contributed by atoms with Gasteiger partial charge in [-0.1, -0.05) is 29.8 Å². The van der Waals surface area contributed by atoms with Gasteiger partial charge in [0.25, 0.3) is 0 Å². The van der Waals surface area contributed by atoms with E-state index in [4.69, 9.17) is 16.3 Å². The first-order valence-corrected chi connectivity index (χ1v) is 5.48. The molecule has 0 bridgehead atoms. The van der Waals surface area contributed by atoms with E-state index in [0.717, 1.165) is 24.9 Å². The van der Waals surface area contributed by atoms with Crippen molar-refractivity contribution in [3.05, 3.63) is 34.9 Å². The highest BCUT2D eigenvalue weighted by atomic mass is 35.5. The molecule has 1 aliphatic heterocycles. The Balaban J connectivity index is 2.26. The Labute approximate surface area is 94.2 Å². The summed E-state index contributed by atoms with van der Waals surface area (Å²) in [5.41, 5.74) is 0.921. The summed E-state index contributed by atoms with van der Waals surface area (Å²) in [7, 11) is 0. The lowest BCUT2D eigenvalue weighted by atomic mass is 9.87. The van der Waals surface area contributed by atoms with Gasteiger partial charge in [-0.05, 0) is 24.0 Å². The van der Waals surface area contributed by atoms with Crippen LogP contribution < -0.4 is 0 Å². The highest BCUT2D eigenvalue weighted by molar-refractivity contribution is 6.31. The third-order valence-corrected chi connectivity index (χ3v) is 3.23. The molecular formula is C12H13ClO2. The summed E-state index contributed by atoms with van der Waals surface area (Å²) in [6.45, 7) is 1.41. The molecule has 0 radical (unpaired) electrons. The molecule has 0 aliphatic carbocycles. The van der Waals surface area contributed by atoms with E-state index in [2.05, 4.69) is 0 Å². The van der Waals surface area contributed by atoms with Crippen LogP contribution in [0.3, 0.4) is 0 Å². The monoisotopic (exact) mass is 224 g/mol. The predicted octanol–water partition coefficient (Wildman–Crippen LogP) is 2.66. The highest BCUT2D eigenvalue weighted by Crippen LogP contribution is 2.33. The van der Waals surface area contributed by atoms with Crippen molar-refractivity contribution in [3.63, 3.8) is 0 Å². The zero-order valence-corrected chi connectivity index (χ0v) is 9.11. The Morgan fingerprint density at radius 1 is 1.47 bits per heavy atom. The maximum atomic E-state index is 11.1. The Morgan fingerprint density at radius 2 is 2.27 bits per heavy atom. The van der Waals surface area contributed by atoms with E-state index in [1.165, 1.54) is 0 Å². The molecule has 1 aromatic rings. The third-order valence-electron chi connectivity index (χ3n) is 2.88. The topological polar surface area (TPSA) is 26.3 Å². The molecule has 2 atom stereocenters. The standard InChI is InChI=1S/C12H13ClO2/c13-12-4-2-1-3-10(12)11(7-14)9-5-6-15-8-9/h1-4,7,9,11H,5-6,8H2. The van der Waals surface area contributed by atoms with Gasteiger partial charge >= 0.3 is 0 Å². The van der Waals surface area contributed by atoms with Crippen LogP contribution in [0, 0.1) is 5.92 Å². The summed E-state index contributed by atoms with van der Waals surface area (Å²) >= 11 is 6.08. The van der Waals surface area contributed by atoms with Crippen molar-refractivity contribution in [2.45, 2.75) is 12.3 Å². The molecule has 2 unspecified atom stereocenters. The Bertz CT molecular complexity index is 345. The molecule has 0 spiro atoms. The quantitative estimate of drug-likeness (QED) is 0.738. The summed E-state index contributed by atoms with van der Waals surface area (Å²) in [4.78, 5) is 11.1. The number of hydrogen-bond donors (Lipinski definition) is 0. The van der Waals surface area contributed by atoms with E-state index >= 15 is 0 Å². The number of hydrogen-bond acceptors (Lipinski definition) is 2. The van der Waals surface area contributed by atoms with E-state index in [0.29, 0.717) is 11.6 Å². The minimum Gasteiger partial charge on any atom is -0.381 e. The van der Waals surface area contributed by atoms with Gasteiger partial charge in [0, 0.05) is 17.5 Å². The molecule has 80 valence electrons. The Kier molecular flexibility index (Phi) is 3.39. The minimum atomic E-state index is -0.124. The van der Waals surface area contributed by atoms with Gasteiger partial charge in [-0.25, -0.2) is 0 Å². The van der Waals surface area contributed by atoms with Crippen LogP contribution >= 0.6 is 11.6 Å². The molecule has 0 saturated carbocycles. The lowest BCUT2D eigenvalue weighted by Crippen LogP contribution is -2.14. The van der Waals surface area contributed by atoms with Crippen LogP contribution in [0.15, 0.2) is 24.3 Å². The number of carbonyl (C=O) groups is 1. The van der Waals surface area contributed by atoms with Gasteiger partial charge in [0.2, 0.25) is 0 Å². The van der Waals surface area contributed by atoms with E-state index in [1.807, 2.05) is 24.3 Å². The van der Waals surface area contributed by atoms with Gasteiger partial charge in [0.1, 0.15) is 6.29 Å². The first-order chi connectivity index (χ1) is 7.33. The van der Waals surface area contributed by atoms with Crippen LogP contribution in [-0.4, -0.2) is 19.5 Å². The fraction of sp³-hybridized carbons (Fsp3) is 0.417. The molecule has 0 aromatic heterocycles. The smallest absolute Gasteiger partial charge is 0.127 e. The average molecular weight is 225 g/mol. The fourth-order valence-electron chi connectivity index (χ4n) is 2.02. The van der Waals surface area contributed by atoms with Crippen molar-refractivity contribution in [2.24, 2.45) is 5.92 Å². The van der Waals surface area contributed by atoms with E-state index < -0.39 is 0 Å². The summed E-state index contributed by atoms with van der Waals surface area (Å²) < 4.78 is 5.30. The van der Waals surface area contributed by atoms with Crippen LogP contribution in [0.25, 0.3) is 0 Å². The van der Waals surface area contributed by atoms with Gasteiger partial charge in [-0.3, -0.25) is 0 Å². The number of benzene rings is 1. The zero-order chi connectivity index (χ0) is 10.7. The zero-order valence-electron chi connectivity index (χ0n) is 8.36. The van der Waals surface area contributed by atoms with Gasteiger partial charge in [-0.15, -0.1) is 0 Å². The average Bonchev–Trinajstić information content (AvgIpc) is 2.75. The first kappa shape index (κ1) is 10.7. The second-order valence-corrected chi connectivity index (χ2v) is 4.21. The molecule has 1 fully saturated rings. The van der Waals surface area contributed by atoms with Crippen molar-refractivity contribution in [2.75, 3.05) is 13.2 Å². The van der Waals surface area contributed by atoms with Gasteiger partial charge in [0.05, 0.1) is 6.61 Å². The van der Waals surface area contributed by atoms with E-state index in [-0.39, 0.29) is 11.8 Å². The van der Waals surface area contributed by atoms with Crippen LogP contribution in [-0.2, 0) is 9.53 Å². The number of carbonyl (C=O) groups excluding carboxylic acids is 1. The van der Waals surface area contributed by atoms with Crippen LogP contribution in [0.2, 0.25) is 5.02 Å². The van der Waals surface area contributed by atoms with Crippen molar-refractivity contribution in [1.29, 1.82) is 0 Å². The number of aldehydes is 1. The van der Waals surface area contributed by atoms with Gasteiger partial charge < -0.3 is 9.53 Å². The molecular weight excluding hydrogens is 212 g/mol. The second-order valence-electron chi connectivity index (χ2n) is 3.81. The predicted molar refractivity (Wildman–Crippen MR) is 59.2 cm³/mol. The van der Waals surface area contributed by atoms with E-state index in [1.54, 1.807) is 0 Å². The lowest BCUT2D eigenvalue weighted by Gasteiger charge is -2.17. The third kappa shape index (κ3) is 2.21. The SMILES string of the molecule is O=CC(c1ccccc1Cl)C1CCOC1. The molecule has 1 aromatic carbocycles. The van der Waals surface area contributed by atoms with Crippen molar-refractivity contribution in [3.8, 4) is 0 Å². The highest BCUT2D eigenvalue weighted by Gasteiger charge is 2.27. The fourth-order valence-corrected chi connectivity index (χ4v) is 2.28. The maximum Gasteiger partial charge on any atom is 0.127 e. The summed E-state index contributed by atoms with van der Waals surface area (Å²) in [6, 6.07) is 7.52.